The van der Waals surface area contributed by atoms with Gasteiger partial charge < -0.3 is 16.1 Å². The number of piperazine rings is 1. The van der Waals surface area contributed by atoms with Gasteiger partial charge in [-0.25, -0.2) is 9.40 Å². The lowest BCUT2D eigenvalue weighted by Gasteiger charge is -2.33. The van der Waals surface area contributed by atoms with E-state index >= 15 is 0 Å². The number of halogens is 1. The van der Waals surface area contributed by atoms with E-state index in [-0.39, 0.29) is 16.4 Å². The maximum absolute atomic E-state index is 13.7. The number of anilines is 1. The van der Waals surface area contributed by atoms with E-state index in [1.54, 1.807) is 12.1 Å². The van der Waals surface area contributed by atoms with Crippen LogP contribution in [0.25, 0.3) is 0 Å². The van der Waals surface area contributed by atoms with Crippen molar-refractivity contribution in [3.8, 4) is 0 Å². The van der Waals surface area contributed by atoms with Crippen LogP contribution < -0.4 is 11.2 Å². The molecule has 0 spiro atoms. The average molecular weight is 268 g/mol. The molecule has 0 saturated carbocycles. The molecule has 0 radical (unpaired) electrons. The molecule has 0 unspecified atom stereocenters. The van der Waals surface area contributed by atoms with Crippen LogP contribution in [0.1, 0.15) is 5.56 Å². The molecule has 1 aliphatic rings. The standard InChI is InChI=1S/C12H17FN4S/c1-16-5-7-17(8-6-16)15-10-4-2-3-9(13)11(10)12(14)18/h2-4,15H,5-8H2,1H3,(H2,14,18). The van der Waals surface area contributed by atoms with Crippen LogP contribution >= 0.6 is 12.2 Å². The van der Waals surface area contributed by atoms with Crippen LogP contribution in [0.3, 0.4) is 0 Å². The van der Waals surface area contributed by atoms with Gasteiger partial charge in [-0.1, -0.05) is 18.3 Å². The SMILES string of the molecule is CN1CCN(Nc2cccc(F)c2C(N)=S)CC1. The van der Waals surface area contributed by atoms with Crippen LogP contribution in [0.2, 0.25) is 0 Å². The number of hydrazine groups is 1. The van der Waals surface area contributed by atoms with Crippen molar-refractivity contribution in [3.63, 3.8) is 0 Å². The van der Waals surface area contributed by atoms with Gasteiger partial charge >= 0.3 is 0 Å². The summed E-state index contributed by atoms with van der Waals surface area (Å²) in [6.45, 7) is 3.71. The molecule has 3 N–H and O–H groups in total. The van der Waals surface area contributed by atoms with E-state index in [1.807, 2.05) is 0 Å². The van der Waals surface area contributed by atoms with Gasteiger partial charge in [0.25, 0.3) is 0 Å². The number of likely N-dealkylation sites (N-methyl/N-ethyl adjacent to an activating group) is 1. The van der Waals surface area contributed by atoms with Gasteiger partial charge in [0.1, 0.15) is 10.8 Å². The summed E-state index contributed by atoms with van der Waals surface area (Å²) in [5.74, 6) is -0.387. The van der Waals surface area contributed by atoms with Crippen molar-refractivity contribution in [2.24, 2.45) is 5.73 Å². The molecule has 1 aliphatic heterocycles. The first-order chi connectivity index (χ1) is 8.58. The Hall–Kier alpha value is -1.24. The third kappa shape index (κ3) is 2.95. The molecule has 0 aromatic heterocycles. The lowest BCUT2D eigenvalue weighted by molar-refractivity contribution is 0.179. The molecular weight excluding hydrogens is 251 g/mol. The van der Waals surface area contributed by atoms with E-state index in [0.717, 1.165) is 26.2 Å². The summed E-state index contributed by atoms with van der Waals surface area (Å²) in [6.07, 6.45) is 0. The van der Waals surface area contributed by atoms with Crippen LogP contribution in [0.4, 0.5) is 10.1 Å². The maximum atomic E-state index is 13.7. The van der Waals surface area contributed by atoms with Gasteiger partial charge in [0.15, 0.2) is 0 Å². The second-order valence-corrected chi connectivity index (χ2v) is 4.87. The molecule has 0 amide bonds. The summed E-state index contributed by atoms with van der Waals surface area (Å²) >= 11 is 4.89. The Morgan fingerprint density at radius 3 is 2.61 bits per heavy atom. The molecule has 1 fully saturated rings. The summed E-state index contributed by atoms with van der Waals surface area (Å²) in [6, 6.07) is 4.80. The zero-order valence-corrected chi connectivity index (χ0v) is 11.1. The lowest BCUT2D eigenvalue weighted by atomic mass is 10.1. The molecule has 2 rings (SSSR count). The fourth-order valence-electron chi connectivity index (χ4n) is 1.96. The highest BCUT2D eigenvalue weighted by Crippen LogP contribution is 2.19. The van der Waals surface area contributed by atoms with Gasteiger partial charge in [-0.15, -0.1) is 0 Å². The Morgan fingerprint density at radius 2 is 2.00 bits per heavy atom. The quantitative estimate of drug-likeness (QED) is 0.802. The molecule has 0 bridgehead atoms. The van der Waals surface area contributed by atoms with Crippen LogP contribution in [0, 0.1) is 5.82 Å². The molecule has 0 atom stereocenters. The van der Waals surface area contributed by atoms with Crippen LogP contribution in [-0.4, -0.2) is 48.1 Å². The average Bonchev–Trinajstić information content (AvgIpc) is 2.32. The normalized spacial score (nSPS) is 17.7. The first-order valence-corrected chi connectivity index (χ1v) is 6.27. The smallest absolute Gasteiger partial charge is 0.135 e. The first-order valence-electron chi connectivity index (χ1n) is 5.86. The van der Waals surface area contributed by atoms with E-state index < -0.39 is 0 Å². The molecular formula is C12H17FN4S. The third-order valence-electron chi connectivity index (χ3n) is 3.04. The van der Waals surface area contributed by atoms with E-state index in [0.29, 0.717) is 5.69 Å². The molecule has 4 nitrogen and oxygen atoms in total. The summed E-state index contributed by atoms with van der Waals surface area (Å²) in [7, 11) is 2.08. The molecule has 1 saturated heterocycles. The predicted octanol–water partition coefficient (Wildman–Crippen LogP) is 1.03. The number of benzene rings is 1. The van der Waals surface area contributed by atoms with Crippen molar-refractivity contribution in [1.29, 1.82) is 0 Å². The fraction of sp³-hybridized carbons (Fsp3) is 0.417. The largest absolute Gasteiger partial charge is 0.389 e. The number of hydrogen-bond acceptors (Lipinski definition) is 4. The minimum absolute atomic E-state index is 0.0738. The topological polar surface area (TPSA) is 44.5 Å². The van der Waals surface area contributed by atoms with Gasteiger partial charge in [-0.3, -0.25) is 0 Å². The number of nitrogens with two attached hydrogens (primary N) is 1. The Bertz CT molecular complexity index is 444. The molecule has 1 aromatic carbocycles. The lowest BCUT2D eigenvalue weighted by Crippen LogP contribution is -2.47. The zero-order chi connectivity index (χ0) is 13.1. The van der Waals surface area contributed by atoms with Crippen LogP contribution in [0.15, 0.2) is 18.2 Å². The number of hydrogen-bond donors (Lipinski definition) is 2. The molecule has 0 aliphatic carbocycles. The highest BCUT2D eigenvalue weighted by molar-refractivity contribution is 7.80. The molecule has 18 heavy (non-hydrogen) atoms. The Kier molecular flexibility index (Phi) is 4.11. The Balaban J connectivity index is 2.14. The van der Waals surface area contributed by atoms with Gasteiger partial charge in [-0.2, -0.15) is 0 Å². The van der Waals surface area contributed by atoms with Crippen molar-refractivity contribution in [3.05, 3.63) is 29.6 Å². The number of nitrogens with one attached hydrogen (secondary N) is 1. The molecule has 1 heterocycles. The molecule has 1 aromatic rings. The van der Waals surface area contributed by atoms with Crippen molar-refractivity contribution in [2.75, 3.05) is 38.7 Å². The van der Waals surface area contributed by atoms with Gasteiger partial charge in [0.05, 0.1) is 11.3 Å². The van der Waals surface area contributed by atoms with E-state index in [4.69, 9.17) is 18.0 Å². The second-order valence-electron chi connectivity index (χ2n) is 4.43. The van der Waals surface area contributed by atoms with Crippen molar-refractivity contribution in [1.82, 2.24) is 9.91 Å². The number of nitrogens with zero attached hydrogens (tertiary/aromatic N) is 2. The monoisotopic (exact) mass is 268 g/mol. The Labute approximate surface area is 112 Å². The van der Waals surface area contributed by atoms with E-state index in [1.165, 1.54) is 6.07 Å². The fourth-order valence-corrected chi connectivity index (χ4v) is 2.16. The minimum atomic E-state index is -0.387. The van der Waals surface area contributed by atoms with Crippen molar-refractivity contribution in [2.45, 2.75) is 0 Å². The minimum Gasteiger partial charge on any atom is -0.389 e. The highest BCUT2D eigenvalue weighted by atomic mass is 32.1. The van der Waals surface area contributed by atoms with Gasteiger partial charge in [-0.05, 0) is 19.2 Å². The summed E-state index contributed by atoms with van der Waals surface area (Å²) in [5.41, 5.74) is 9.67. The van der Waals surface area contributed by atoms with E-state index in [2.05, 4.69) is 22.4 Å². The van der Waals surface area contributed by atoms with Crippen molar-refractivity contribution < 1.29 is 4.39 Å². The summed E-state index contributed by atoms with van der Waals surface area (Å²) in [4.78, 5) is 2.32. The van der Waals surface area contributed by atoms with Gasteiger partial charge in [0.2, 0.25) is 0 Å². The highest BCUT2D eigenvalue weighted by Gasteiger charge is 2.17. The number of rotatable bonds is 3. The number of thiocarbonyl (C=S) groups is 1. The molecule has 98 valence electrons. The second kappa shape index (κ2) is 5.60. The third-order valence-corrected chi connectivity index (χ3v) is 3.25. The summed E-state index contributed by atoms with van der Waals surface area (Å²) < 4.78 is 13.7. The van der Waals surface area contributed by atoms with Crippen LogP contribution in [-0.2, 0) is 0 Å². The zero-order valence-electron chi connectivity index (χ0n) is 10.3. The first kappa shape index (κ1) is 13.2. The van der Waals surface area contributed by atoms with Gasteiger partial charge in [0, 0.05) is 26.2 Å². The van der Waals surface area contributed by atoms with E-state index in [9.17, 15) is 4.39 Å². The predicted molar refractivity (Wildman–Crippen MR) is 75.0 cm³/mol. The van der Waals surface area contributed by atoms with Crippen LogP contribution in [0.5, 0.6) is 0 Å². The summed E-state index contributed by atoms with van der Waals surface area (Å²) in [5, 5.41) is 2.05. The molecule has 6 heteroatoms. The Morgan fingerprint density at radius 1 is 1.33 bits per heavy atom. The van der Waals surface area contributed by atoms with Crippen molar-refractivity contribution >= 4 is 22.9 Å². The maximum Gasteiger partial charge on any atom is 0.135 e.